The van der Waals surface area contributed by atoms with Crippen molar-refractivity contribution in [2.75, 3.05) is 13.7 Å². The van der Waals surface area contributed by atoms with Crippen LogP contribution < -0.4 is 10.1 Å². The van der Waals surface area contributed by atoms with Gasteiger partial charge >= 0.3 is 0 Å². The van der Waals surface area contributed by atoms with E-state index in [-0.39, 0.29) is 0 Å². The molecule has 2 nitrogen and oxygen atoms in total. The Kier molecular flexibility index (Phi) is 4.21. The van der Waals surface area contributed by atoms with Crippen molar-refractivity contribution in [3.63, 3.8) is 0 Å². The minimum absolute atomic E-state index is 0.503. The first-order valence-electron chi connectivity index (χ1n) is 6.34. The Morgan fingerprint density at radius 3 is 2.94 bits per heavy atom. The molecule has 0 spiro atoms. The Morgan fingerprint density at radius 2 is 2.18 bits per heavy atom. The quantitative estimate of drug-likeness (QED) is 0.863. The predicted molar refractivity (Wildman–Crippen MR) is 72.2 cm³/mol. The minimum atomic E-state index is 0.503. The molecule has 0 amide bonds. The lowest BCUT2D eigenvalue weighted by atomic mass is 9.94. The topological polar surface area (TPSA) is 21.3 Å². The smallest absolute Gasteiger partial charge is 0.126 e. The summed E-state index contributed by atoms with van der Waals surface area (Å²) in [6, 6.07) is 8.62. The summed E-state index contributed by atoms with van der Waals surface area (Å²) in [5.41, 5.74) is 1.15. The molecule has 2 unspecified atom stereocenters. The minimum Gasteiger partial charge on any atom is -0.496 e. The van der Waals surface area contributed by atoms with E-state index < -0.39 is 0 Å². The van der Waals surface area contributed by atoms with Crippen LogP contribution in [0.4, 0.5) is 0 Å². The maximum absolute atomic E-state index is 5.33. The molecule has 1 fully saturated rings. The van der Waals surface area contributed by atoms with E-state index in [2.05, 4.69) is 30.5 Å². The number of hydrogen-bond acceptors (Lipinski definition) is 2. The second-order valence-electron chi connectivity index (χ2n) is 4.79. The Balaban J connectivity index is 2.04. The van der Waals surface area contributed by atoms with Crippen molar-refractivity contribution in [1.29, 1.82) is 0 Å². The number of piperidine rings is 1. The van der Waals surface area contributed by atoms with Gasteiger partial charge in [-0.05, 0) is 31.4 Å². The van der Waals surface area contributed by atoms with Crippen molar-refractivity contribution in [1.82, 2.24) is 5.32 Å². The Hall–Kier alpha value is -1.28. The highest BCUT2D eigenvalue weighted by atomic mass is 16.5. The van der Waals surface area contributed by atoms with Gasteiger partial charge in [0.25, 0.3) is 0 Å². The van der Waals surface area contributed by atoms with E-state index in [1.165, 1.54) is 12.8 Å². The summed E-state index contributed by atoms with van der Waals surface area (Å²) >= 11 is 0. The second kappa shape index (κ2) is 5.87. The molecule has 1 heterocycles. The van der Waals surface area contributed by atoms with Crippen LogP contribution in [0.25, 0.3) is 6.08 Å². The van der Waals surface area contributed by atoms with Gasteiger partial charge in [0.2, 0.25) is 0 Å². The Bertz CT molecular complexity index is 386. The van der Waals surface area contributed by atoms with Crippen molar-refractivity contribution in [2.45, 2.75) is 25.8 Å². The number of rotatable bonds is 3. The highest BCUT2D eigenvalue weighted by molar-refractivity contribution is 5.57. The summed E-state index contributed by atoms with van der Waals surface area (Å²) in [6.45, 7) is 3.45. The fourth-order valence-electron chi connectivity index (χ4n) is 2.32. The van der Waals surface area contributed by atoms with Gasteiger partial charge in [0.05, 0.1) is 7.11 Å². The molecule has 1 aromatic rings. The lowest BCUT2D eigenvalue weighted by Crippen LogP contribution is -2.35. The molecule has 0 bridgehead atoms. The molecular weight excluding hydrogens is 210 g/mol. The molecule has 1 N–H and O–H groups in total. The first kappa shape index (κ1) is 12.2. The van der Waals surface area contributed by atoms with Gasteiger partial charge in [0.1, 0.15) is 5.75 Å². The van der Waals surface area contributed by atoms with Crippen molar-refractivity contribution < 1.29 is 4.74 Å². The van der Waals surface area contributed by atoms with Crippen LogP contribution in [0.15, 0.2) is 30.3 Å². The number of para-hydroxylation sites is 1. The number of methoxy groups -OCH3 is 1. The largest absolute Gasteiger partial charge is 0.496 e. The zero-order chi connectivity index (χ0) is 12.1. The zero-order valence-electron chi connectivity index (χ0n) is 10.6. The van der Waals surface area contributed by atoms with Crippen molar-refractivity contribution in [3.05, 3.63) is 35.9 Å². The Labute approximate surface area is 104 Å². The van der Waals surface area contributed by atoms with Crippen molar-refractivity contribution >= 4 is 6.08 Å². The van der Waals surface area contributed by atoms with Crippen LogP contribution in [0.1, 0.15) is 25.3 Å². The molecule has 2 rings (SSSR count). The third-order valence-corrected chi connectivity index (χ3v) is 3.35. The van der Waals surface area contributed by atoms with Gasteiger partial charge in [-0.3, -0.25) is 0 Å². The standard InChI is InChI=1S/C15H21NO/c1-12-9-10-16-14(11-12)8-7-13-5-3-4-6-15(13)17-2/h3-8,12,14,16H,9-11H2,1-2H3/b8-7+. The average molecular weight is 231 g/mol. The molecule has 1 aliphatic rings. The molecule has 1 saturated heterocycles. The summed E-state index contributed by atoms with van der Waals surface area (Å²) in [5.74, 6) is 1.76. The summed E-state index contributed by atoms with van der Waals surface area (Å²) in [7, 11) is 1.72. The van der Waals surface area contributed by atoms with E-state index in [4.69, 9.17) is 4.74 Å². The molecule has 2 heteroatoms. The van der Waals surface area contributed by atoms with Crippen LogP contribution >= 0.6 is 0 Å². The SMILES string of the molecule is COc1ccccc1/C=C/C1CC(C)CCN1. The van der Waals surface area contributed by atoms with Crippen molar-refractivity contribution in [2.24, 2.45) is 5.92 Å². The van der Waals surface area contributed by atoms with E-state index in [0.29, 0.717) is 6.04 Å². The van der Waals surface area contributed by atoms with E-state index >= 15 is 0 Å². The average Bonchev–Trinajstić information content (AvgIpc) is 2.37. The number of nitrogens with one attached hydrogen (secondary N) is 1. The summed E-state index contributed by atoms with van der Waals surface area (Å²) in [5, 5.41) is 3.53. The molecule has 1 aromatic carbocycles. The van der Waals surface area contributed by atoms with Gasteiger partial charge in [-0.1, -0.05) is 37.3 Å². The predicted octanol–water partition coefficient (Wildman–Crippen LogP) is 3.10. The van der Waals surface area contributed by atoms with Crippen LogP contribution in [-0.4, -0.2) is 19.7 Å². The molecule has 0 saturated carbocycles. The maximum Gasteiger partial charge on any atom is 0.126 e. The molecule has 0 aliphatic carbocycles. The maximum atomic E-state index is 5.33. The Morgan fingerprint density at radius 1 is 1.35 bits per heavy atom. The molecule has 1 aliphatic heterocycles. The van der Waals surface area contributed by atoms with Gasteiger partial charge < -0.3 is 10.1 Å². The lowest BCUT2D eigenvalue weighted by molar-refractivity contribution is 0.357. The number of benzene rings is 1. The normalized spacial score (nSPS) is 25.1. The lowest BCUT2D eigenvalue weighted by Gasteiger charge is -2.25. The number of hydrogen-bond donors (Lipinski definition) is 1. The highest BCUT2D eigenvalue weighted by Gasteiger charge is 2.15. The first-order chi connectivity index (χ1) is 8.29. The molecule has 17 heavy (non-hydrogen) atoms. The zero-order valence-corrected chi connectivity index (χ0v) is 10.6. The summed E-state index contributed by atoms with van der Waals surface area (Å²) in [6.07, 6.45) is 6.94. The summed E-state index contributed by atoms with van der Waals surface area (Å²) in [4.78, 5) is 0. The molecule has 0 aromatic heterocycles. The molecule has 92 valence electrons. The molecule has 0 radical (unpaired) electrons. The van der Waals surface area contributed by atoms with Crippen molar-refractivity contribution in [3.8, 4) is 5.75 Å². The fourth-order valence-corrected chi connectivity index (χ4v) is 2.32. The number of ether oxygens (including phenoxy) is 1. The van der Waals surface area contributed by atoms with Gasteiger partial charge in [-0.15, -0.1) is 0 Å². The third-order valence-electron chi connectivity index (χ3n) is 3.35. The first-order valence-corrected chi connectivity index (χ1v) is 6.34. The van der Waals surface area contributed by atoms with Crippen LogP contribution in [0.3, 0.4) is 0 Å². The monoisotopic (exact) mass is 231 g/mol. The van der Waals surface area contributed by atoms with Crippen LogP contribution in [-0.2, 0) is 0 Å². The van der Waals surface area contributed by atoms with Gasteiger partial charge in [0, 0.05) is 11.6 Å². The van der Waals surface area contributed by atoms with Gasteiger partial charge in [-0.2, -0.15) is 0 Å². The fraction of sp³-hybridized carbons (Fsp3) is 0.467. The van der Waals surface area contributed by atoms with Crippen LogP contribution in [0, 0.1) is 5.92 Å². The van der Waals surface area contributed by atoms with E-state index in [9.17, 15) is 0 Å². The second-order valence-corrected chi connectivity index (χ2v) is 4.79. The molecule has 2 atom stereocenters. The van der Waals surface area contributed by atoms with Crippen LogP contribution in [0.5, 0.6) is 5.75 Å². The molecular formula is C15H21NO. The van der Waals surface area contributed by atoms with Gasteiger partial charge in [-0.25, -0.2) is 0 Å². The van der Waals surface area contributed by atoms with E-state index in [1.54, 1.807) is 7.11 Å². The van der Waals surface area contributed by atoms with Crippen LogP contribution in [0.2, 0.25) is 0 Å². The summed E-state index contributed by atoms with van der Waals surface area (Å²) < 4.78 is 5.33. The highest BCUT2D eigenvalue weighted by Crippen LogP contribution is 2.21. The van der Waals surface area contributed by atoms with E-state index in [0.717, 1.165) is 23.8 Å². The van der Waals surface area contributed by atoms with Gasteiger partial charge in [0.15, 0.2) is 0 Å². The van der Waals surface area contributed by atoms with E-state index in [1.807, 2.05) is 18.2 Å². The third kappa shape index (κ3) is 3.34.